The summed E-state index contributed by atoms with van der Waals surface area (Å²) >= 11 is 0. The summed E-state index contributed by atoms with van der Waals surface area (Å²) in [5.41, 5.74) is 2.09. The quantitative estimate of drug-likeness (QED) is 0.199. The van der Waals surface area contributed by atoms with Crippen molar-refractivity contribution in [1.82, 2.24) is 5.32 Å². The Balaban J connectivity index is 1.93. The Morgan fingerprint density at radius 3 is 2.36 bits per heavy atom. The van der Waals surface area contributed by atoms with Gasteiger partial charge in [-0.25, -0.2) is 4.79 Å². The first-order valence-electron chi connectivity index (χ1n) is 11.9. The number of aldehydes is 1. The van der Waals surface area contributed by atoms with Gasteiger partial charge in [0.2, 0.25) is 6.23 Å². The molecule has 0 aliphatic heterocycles. The zero-order chi connectivity index (χ0) is 23.9. The number of ether oxygens (including phenoxy) is 2. The van der Waals surface area contributed by atoms with E-state index in [0.717, 1.165) is 24.7 Å². The van der Waals surface area contributed by atoms with Gasteiger partial charge in [-0.15, -0.1) is 0 Å². The molecular weight excluding hydrogens is 418 g/mol. The lowest BCUT2D eigenvalue weighted by molar-refractivity contribution is -0.149. The lowest BCUT2D eigenvalue weighted by Gasteiger charge is -2.22. The molecule has 3 atom stereocenters. The molecule has 0 aliphatic carbocycles. The molecule has 0 saturated heterocycles. The summed E-state index contributed by atoms with van der Waals surface area (Å²) < 4.78 is 11.1. The average molecular weight is 456 g/mol. The number of hydrogen-bond acceptors (Lipinski definition) is 5. The van der Waals surface area contributed by atoms with Crippen LogP contribution < -0.4 is 10.1 Å². The van der Waals surface area contributed by atoms with Crippen molar-refractivity contribution in [3.63, 3.8) is 0 Å². The molecule has 0 radical (unpaired) electrons. The highest BCUT2D eigenvalue weighted by molar-refractivity contribution is 5.72. The molecule has 0 fully saturated rings. The van der Waals surface area contributed by atoms with Gasteiger partial charge in [-0.05, 0) is 42.5 Å². The van der Waals surface area contributed by atoms with Crippen molar-refractivity contribution in [3.05, 3.63) is 65.7 Å². The molecule has 2 aromatic carbocycles. The van der Waals surface area contributed by atoms with Crippen LogP contribution in [0, 0.1) is 0 Å². The second-order valence-corrected chi connectivity index (χ2v) is 8.17. The van der Waals surface area contributed by atoms with Crippen LogP contribution in [-0.4, -0.2) is 42.8 Å². The van der Waals surface area contributed by atoms with E-state index in [0.29, 0.717) is 24.8 Å². The second kappa shape index (κ2) is 15.2. The molecule has 2 unspecified atom stereocenters. The van der Waals surface area contributed by atoms with E-state index in [1.807, 2.05) is 18.2 Å². The third-order valence-corrected chi connectivity index (χ3v) is 5.62. The number of nitrogens with one attached hydrogen (secondary N) is 1. The van der Waals surface area contributed by atoms with Crippen molar-refractivity contribution >= 4 is 12.3 Å². The number of carboxylic acid groups (broad SMARTS) is 1. The zero-order valence-electron chi connectivity index (χ0n) is 19.7. The first-order valence-corrected chi connectivity index (χ1v) is 11.9. The van der Waals surface area contributed by atoms with E-state index in [4.69, 9.17) is 9.47 Å². The van der Waals surface area contributed by atoms with Crippen LogP contribution in [0.3, 0.4) is 0 Å². The predicted molar refractivity (Wildman–Crippen MR) is 130 cm³/mol. The summed E-state index contributed by atoms with van der Waals surface area (Å²) in [5, 5.41) is 12.5. The molecule has 2 rings (SSSR count). The van der Waals surface area contributed by atoms with Gasteiger partial charge in [0.05, 0.1) is 0 Å². The number of aliphatic carboxylic acids is 1. The van der Waals surface area contributed by atoms with E-state index in [1.54, 1.807) is 31.2 Å². The Kier molecular flexibility index (Phi) is 12.2. The number of benzene rings is 2. The van der Waals surface area contributed by atoms with Crippen molar-refractivity contribution in [2.24, 2.45) is 0 Å². The maximum Gasteiger partial charge on any atom is 0.333 e. The van der Waals surface area contributed by atoms with Crippen LogP contribution in [0.4, 0.5) is 0 Å². The molecule has 0 spiro atoms. The maximum absolute atomic E-state index is 11.6. The fourth-order valence-corrected chi connectivity index (χ4v) is 3.79. The normalized spacial score (nSPS) is 13.8. The van der Waals surface area contributed by atoms with Crippen LogP contribution >= 0.6 is 0 Å². The van der Waals surface area contributed by atoms with E-state index >= 15 is 0 Å². The number of carboxylic acids is 1. The molecule has 2 aromatic rings. The molecule has 2 N–H and O–H groups in total. The van der Waals surface area contributed by atoms with Gasteiger partial charge in [-0.1, -0.05) is 75.1 Å². The van der Waals surface area contributed by atoms with Crippen LogP contribution in [0.2, 0.25) is 0 Å². The molecule has 0 amide bonds. The second-order valence-electron chi connectivity index (χ2n) is 8.17. The summed E-state index contributed by atoms with van der Waals surface area (Å²) in [7, 11) is 0. The van der Waals surface area contributed by atoms with Gasteiger partial charge in [-0.3, -0.25) is 10.1 Å². The largest absolute Gasteiger partial charge is 0.479 e. The van der Waals surface area contributed by atoms with E-state index in [1.165, 1.54) is 24.8 Å². The predicted octanol–water partition coefficient (Wildman–Crippen LogP) is 4.97. The van der Waals surface area contributed by atoms with Crippen LogP contribution in [0.5, 0.6) is 5.75 Å². The van der Waals surface area contributed by atoms with Gasteiger partial charge >= 0.3 is 5.97 Å². The van der Waals surface area contributed by atoms with Gasteiger partial charge in [-0.2, -0.15) is 0 Å². The molecule has 0 saturated carbocycles. The average Bonchev–Trinajstić information content (AvgIpc) is 2.84. The summed E-state index contributed by atoms with van der Waals surface area (Å²) in [6.45, 7) is 4.96. The van der Waals surface area contributed by atoms with Crippen molar-refractivity contribution in [3.8, 4) is 5.75 Å². The highest BCUT2D eigenvalue weighted by Crippen LogP contribution is 2.22. The van der Waals surface area contributed by atoms with E-state index in [9.17, 15) is 14.7 Å². The van der Waals surface area contributed by atoms with Gasteiger partial charge in [0.25, 0.3) is 0 Å². The summed E-state index contributed by atoms with van der Waals surface area (Å²) in [4.78, 5) is 22.9. The van der Waals surface area contributed by atoms with Crippen molar-refractivity contribution < 1.29 is 24.2 Å². The minimum absolute atomic E-state index is 0.273. The number of unbranched alkanes of at least 4 members (excludes halogenated alkanes) is 3. The van der Waals surface area contributed by atoms with Gasteiger partial charge in [0.15, 0.2) is 12.4 Å². The minimum Gasteiger partial charge on any atom is -0.479 e. The molecule has 180 valence electrons. The molecule has 0 bridgehead atoms. The molecule has 0 aliphatic rings. The highest BCUT2D eigenvalue weighted by Gasteiger charge is 2.18. The fourth-order valence-electron chi connectivity index (χ4n) is 3.79. The molecule has 0 heterocycles. The number of carbonyl (C=O) groups is 2. The Labute approximate surface area is 197 Å². The topological polar surface area (TPSA) is 84.9 Å². The Bertz CT molecular complexity index is 809. The van der Waals surface area contributed by atoms with Crippen LogP contribution in [0.1, 0.15) is 63.0 Å². The summed E-state index contributed by atoms with van der Waals surface area (Å²) in [6.07, 6.45) is 5.28. The first-order chi connectivity index (χ1) is 16.1. The van der Waals surface area contributed by atoms with Crippen molar-refractivity contribution in [1.29, 1.82) is 0 Å². The van der Waals surface area contributed by atoms with Crippen molar-refractivity contribution in [2.75, 3.05) is 13.2 Å². The molecular formula is C27H37NO5. The molecule has 6 heteroatoms. The Morgan fingerprint density at radius 2 is 1.76 bits per heavy atom. The van der Waals surface area contributed by atoms with Crippen molar-refractivity contribution in [2.45, 2.75) is 70.6 Å². The van der Waals surface area contributed by atoms with Gasteiger partial charge in [0, 0.05) is 19.6 Å². The third kappa shape index (κ3) is 9.76. The number of rotatable bonds is 17. The van der Waals surface area contributed by atoms with Crippen LogP contribution in [0.15, 0.2) is 54.6 Å². The van der Waals surface area contributed by atoms with Crippen LogP contribution in [0.25, 0.3) is 0 Å². The summed E-state index contributed by atoms with van der Waals surface area (Å²) in [5.74, 6) is -0.126. The Morgan fingerprint density at radius 1 is 1.03 bits per heavy atom. The van der Waals surface area contributed by atoms with E-state index < -0.39 is 18.3 Å². The maximum atomic E-state index is 11.6. The third-order valence-electron chi connectivity index (χ3n) is 5.62. The number of hydrogen-bond donors (Lipinski definition) is 2. The number of carbonyl (C=O) groups excluding carboxylic acids is 1. The zero-order valence-corrected chi connectivity index (χ0v) is 19.7. The lowest BCUT2D eigenvalue weighted by Crippen LogP contribution is -2.38. The van der Waals surface area contributed by atoms with E-state index in [2.05, 4.69) is 24.4 Å². The molecule has 33 heavy (non-hydrogen) atoms. The van der Waals surface area contributed by atoms with Crippen LogP contribution in [-0.2, 0) is 20.7 Å². The minimum atomic E-state index is -0.981. The lowest BCUT2D eigenvalue weighted by atomic mass is 9.93. The van der Waals surface area contributed by atoms with Gasteiger partial charge < -0.3 is 14.6 Å². The highest BCUT2D eigenvalue weighted by atomic mass is 16.5. The van der Waals surface area contributed by atoms with Gasteiger partial charge in [0.1, 0.15) is 5.75 Å². The summed E-state index contributed by atoms with van der Waals surface area (Å²) in [6, 6.07) is 17.5. The smallest absolute Gasteiger partial charge is 0.333 e. The fraction of sp³-hybridized carbons (Fsp3) is 0.481. The Hall–Kier alpha value is -2.70. The molecule has 6 nitrogen and oxygen atoms in total. The standard InChI is InChI=1S/C27H37NO5/c1-3-5-6-8-13-23(22-11-9-7-10-12-22)19-28-26(20-29)33-24-16-14-21(15-17-24)18-25(27(30)31)32-4-2/h7,9-12,14-17,20,23,25-26,28H,3-6,8,13,18-19H2,1-2H3,(H,30,31)/t23?,25-,26?/m0/s1. The molecule has 0 aromatic heterocycles. The monoisotopic (exact) mass is 455 g/mol. The SMILES string of the molecule is CCCCCCC(CNC(C=O)Oc1ccc(C[C@H](OCC)C(=O)O)cc1)c1ccccc1. The first kappa shape index (κ1) is 26.6. The van der Waals surface area contributed by atoms with E-state index in [-0.39, 0.29) is 6.42 Å².